The van der Waals surface area contributed by atoms with Gasteiger partial charge in [0.2, 0.25) is 0 Å². The van der Waals surface area contributed by atoms with E-state index in [0.29, 0.717) is 23.6 Å². The Hall–Kier alpha value is -1.95. The lowest BCUT2D eigenvalue weighted by Crippen LogP contribution is -2.55. The highest BCUT2D eigenvalue weighted by molar-refractivity contribution is 5.97. The molecule has 1 N–H and O–H groups in total. The average Bonchev–Trinajstić information content (AvgIpc) is 2.87. The maximum absolute atomic E-state index is 12.8. The summed E-state index contributed by atoms with van der Waals surface area (Å²) in [5, 5.41) is 8.76. The molecule has 1 aliphatic heterocycles. The molecule has 3 heterocycles. The van der Waals surface area contributed by atoms with Crippen molar-refractivity contribution in [3.63, 3.8) is 0 Å². The first-order chi connectivity index (χ1) is 10.9. The number of carbonyl (C=O) groups excluding carboxylic acids is 1. The number of aromatic nitrogens is 3. The van der Waals surface area contributed by atoms with Gasteiger partial charge in [0.05, 0.1) is 11.8 Å². The SMILES string of the molecule is CC(C)Cn1ncc2cc(C(=O)N3C[C@@H](C)N[C@H](C)C3)cnc21. The predicted octanol–water partition coefficient (Wildman–Crippen LogP) is 1.91. The van der Waals surface area contributed by atoms with Crippen LogP contribution in [0.1, 0.15) is 38.1 Å². The number of amides is 1. The fourth-order valence-corrected chi connectivity index (χ4v) is 3.24. The van der Waals surface area contributed by atoms with Gasteiger partial charge < -0.3 is 10.2 Å². The summed E-state index contributed by atoms with van der Waals surface area (Å²) in [6.07, 6.45) is 3.48. The van der Waals surface area contributed by atoms with E-state index in [2.05, 4.69) is 43.1 Å². The van der Waals surface area contributed by atoms with Crippen molar-refractivity contribution >= 4 is 16.9 Å². The molecule has 0 aromatic carbocycles. The van der Waals surface area contributed by atoms with Crippen molar-refractivity contribution in [3.05, 3.63) is 24.0 Å². The van der Waals surface area contributed by atoms with Gasteiger partial charge in [-0.15, -0.1) is 0 Å². The van der Waals surface area contributed by atoms with Crippen LogP contribution in [0.2, 0.25) is 0 Å². The summed E-state index contributed by atoms with van der Waals surface area (Å²) in [5.41, 5.74) is 1.49. The van der Waals surface area contributed by atoms with Gasteiger partial charge in [-0.2, -0.15) is 5.10 Å². The molecule has 0 radical (unpaired) electrons. The average molecular weight is 315 g/mol. The quantitative estimate of drug-likeness (QED) is 0.940. The lowest BCUT2D eigenvalue weighted by molar-refractivity contribution is 0.0673. The Morgan fingerprint density at radius 3 is 2.65 bits per heavy atom. The summed E-state index contributed by atoms with van der Waals surface area (Å²) in [7, 11) is 0. The second-order valence-corrected chi connectivity index (χ2v) is 7.04. The number of nitrogens with zero attached hydrogens (tertiary/aromatic N) is 4. The smallest absolute Gasteiger partial charge is 0.255 e. The highest BCUT2D eigenvalue weighted by atomic mass is 16.2. The predicted molar refractivity (Wildman–Crippen MR) is 90.3 cm³/mol. The van der Waals surface area contributed by atoms with Crippen molar-refractivity contribution in [3.8, 4) is 0 Å². The van der Waals surface area contributed by atoms with Gasteiger partial charge in [0.1, 0.15) is 0 Å². The number of hydrogen-bond donors (Lipinski definition) is 1. The van der Waals surface area contributed by atoms with Crippen molar-refractivity contribution in [1.29, 1.82) is 0 Å². The maximum Gasteiger partial charge on any atom is 0.255 e. The van der Waals surface area contributed by atoms with Crippen LogP contribution in [0.5, 0.6) is 0 Å². The molecule has 2 aromatic rings. The van der Waals surface area contributed by atoms with Crippen molar-refractivity contribution in [2.24, 2.45) is 5.92 Å². The van der Waals surface area contributed by atoms with Crippen molar-refractivity contribution < 1.29 is 4.79 Å². The molecule has 2 aromatic heterocycles. The van der Waals surface area contributed by atoms with E-state index in [1.807, 2.05) is 15.6 Å². The Bertz CT molecular complexity index is 698. The zero-order valence-corrected chi connectivity index (χ0v) is 14.3. The lowest BCUT2D eigenvalue weighted by Gasteiger charge is -2.36. The molecule has 0 bridgehead atoms. The summed E-state index contributed by atoms with van der Waals surface area (Å²) in [6.45, 7) is 10.8. The third-order valence-corrected chi connectivity index (χ3v) is 4.11. The van der Waals surface area contributed by atoms with Crippen LogP contribution in [0.25, 0.3) is 11.0 Å². The van der Waals surface area contributed by atoms with Crippen LogP contribution >= 0.6 is 0 Å². The fourth-order valence-electron chi connectivity index (χ4n) is 3.24. The van der Waals surface area contributed by atoms with E-state index in [-0.39, 0.29) is 5.91 Å². The van der Waals surface area contributed by atoms with E-state index in [1.54, 1.807) is 12.4 Å². The molecule has 1 saturated heterocycles. The van der Waals surface area contributed by atoms with Gasteiger partial charge in [0.25, 0.3) is 5.91 Å². The Morgan fingerprint density at radius 2 is 2.00 bits per heavy atom. The highest BCUT2D eigenvalue weighted by Crippen LogP contribution is 2.17. The first kappa shape index (κ1) is 15.9. The van der Waals surface area contributed by atoms with Crippen molar-refractivity contribution in [2.75, 3.05) is 13.1 Å². The Labute approximate surface area is 136 Å². The van der Waals surface area contributed by atoms with E-state index in [0.717, 1.165) is 30.7 Å². The number of fused-ring (bicyclic) bond motifs is 1. The third-order valence-electron chi connectivity index (χ3n) is 4.11. The molecular formula is C17H25N5O. The van der Waals surface area contributed by atoms with Crippen LogP contribution in [-0.4, -0.2) is 50.7 Å². The summed E-state index contributed by atoms with van der Waals surface area (Å²) >= 11 is 0. The summed E-state index contributed by atoms with van der Waals surface area (Å²) in [6, 6.07) is 2.53. The maximum atomic E-state index is 12.8. The van der Waals surface area contributed by atoms with Crippen LogP contribution in [0.15, 0.2) is 18.5 Å². The molecule has 0 saturated carbocycles. The molecule has 0 aliphatic carbocycles. The first-order valence-corrected chi connectivity index (χ1v) is 8.31. The van der Waals surface area contributed by atoms with Gasteiger partial charge in [-0.1, -0.05) is 13.8 Å². The summed E-state index contributed by atoms with van der Waals surface area (Å²) in [5.74, 6) is 0.557. The molecule has 1 fully saturated rings. The van der Waals surface area contributed by atoms with Crippen LogP contribution in [0.4, 0.5) is 0 Å². The first-order valence-electron chi connectivity index (χ1n) is 8.31. The minimum absolute atomic E-state index is 0.0520. The van der Waals surface area contributed by atoms with Gasteiger partial charge in [-0.25, -0.2) is 9.67 Å². The van der Waals surface area contributed by atoms with Crippen LogP contribution in [0, 0.1) is 5.92 Å². The molecule has 23 heavy (non-hydrogen) atoms. The van der Waals surface area contributed by atoms with Crippen LogP contribution < -0.4 is 5.32 Å². The monoisotopic (exact) mass is 315 g/mol. The lowest BCUT2D eigenvalue weighted by atomic mass is 10.1. The van der Waals surface area contributed by atoms with Gasteiger partial charge in [-0.05, 0) is 25.8 Å². The zero-order valence-electron chi connectivity index (χ0n) is 14.3. The number of nitrogens with one attached hydrogen (secondary N) is 1. The second-order valence-electron chi connectivity index (χ2n) is 7.04. The van der Waals surface area contributed by atoms with E-state index in [4.69, 9.17) is 0 Å². The van der Waals surface area contributed by atoms with Crippen molar-refractivity contribution in [2.45, 2.75) is 46.3 Å². The Balaban J connectivity index is 1.84. The van der Waals surface area contributed by atoms with E-state index in [1.165, 1.54) is 0 Å². The van der Waals surface area contributed by atoms with E-state index < -0.39 is 0 Å². The Morgan fingerprint density at radius 1 is 1.30 bits per heavy atom. The van der Waals surface area contributed by atoms with E-state index in [9.17, 15) is 4.79 Å². The number of pyridine rings is 1. The number of piperazine rings is 1. The van der Waals surface area contributed by atoms with E-state index >= 15 is 0 Å². The summed E-state index contributed by atoms with van der Waals surface area (Å²) < 4.78 is 1.91. The highest BCUT2D eigenvalue weighted by Gasteiger charge is 2.26. The zero-order chi connectivity index (χ0) is 16.6. The fraction of sp³-hybridized carbons (Fsp3) is 0.588. The number of hydrogen-bond acceptors (Lipinski definition) is 4. The summed E-state index contributed by atoms with van der Waals surface area (Å²) in [4.78, 5) is 19.1. The number of carbonyl (C=O) groups is 1. The molecule has 0 spiro atoms. The second kappa shape index (κ2) is 6.28. The third kappa shape index (κ3) is 3.37. The van der Waals surface area contributed by atoms with Gasteiger partial charge >= 0.3 is 0 Å². The largest absolute Gasteiger partial charge is 0.335 e. The topological polar surface area (TPSA) is 63.1 Å². The molecule has 1 aliphatic rings. The van der Waals surface area contributed by atoms with Gasteiger partial charge in [0.15, 0.2) is 5.65 Å². The molecular weight excluding hydrogens is 290 g/mol. The molecule has 2 atom stereocenters. The molecule has 0 unspecified atom stereocenters. The molecule has 1 amide bonds. The Kier molecular flexibility index (Phi) is 4.35. The molecule has 6 heteroatoms. The standard InChI is InChI=1S/C17H25N5O/c1-11(2)8-22-16-14(7-19-22)5-15(6-18-16)17(23)21-9-12(3)20-13(4)10-21/h5-7,11-13,20H,8-10H2,1-4H3/t12-,13-/m1/s1. The minimum atomic E-state index is 0.0520. The normalized spacial score (nSPS) is 22.0. The van der Waals surface area contributed by atoms with Gasteiger partial charge in [0, 0.05) is 43.3 Å². The molecule has 3 rings (SSSR count). The molecule has 124 valence electrons. The van der Waals surface area contributed by atoms with Crippen LogP contribution in [0.3, 0.4) is 0 Å². The van der Waals surface area contributed by atoms with Crippen molar-refractivity contribution in [1.82, 2.24) is 25.0 Å². The number of rotatable bonds is 3. The molecule has 6 nitrogen and oxygen atoms in total. The minimum Gasteiger partial charge on any atom is -0.335 e. The van der Waals surface area contributed by atoms with Crippen LogP contribution in [-0.2, 0) is 6.54 Å². The van der Waals surface area contributed by atoms with Gasteiger partial charge in [-0.3, -0.25) is 4.79 Å².